The van der Waals surface area contributed by atoms with Gasteiger partial charge in [0.25, 0.3) is 0 Å². The van der Waals surface area contributed by atoms with E-state index in [1.807, 2.05) is 0 Å². The van der Waals surface area contributed by atoms with E-state index in [2.05, 4.69) is 9.88 Å². The molecule has 0 bridgehead atoms. The standard InChI is InChI=1S/C17H16Cl3F3N2O/c18-16(19,20)14-10-13(26-9-8-25-6-1-2-7-25)11-4-3-5-12(15(11)24-14)17(21,22)23/h3-5,10H,1-2,6-9H2. The van der Waals surface area contributed by atoms with Gasteiger partial charge in [-0.15, -0.1) is 0 Å². The molecule has 0 atom stereocenters. The maximum absolute atomic E-state index is 13.3. The predicted molar refractivity (Wildman–Crippen MR) is 97.2 cm³/mol. The lowest BCUT2D eigenvalue weighted by Crippen LogP contribution is -2.25. The summed E-state index contributed by atoms with van der Waals surface area (Å²) in [6.07, 6.45) is -2.29. The van der Waals surface area contributed by atoms with Gasteiger partial charge in [0.05, 0.1) is 16.8 Å². The Labute approximate surface area is 164 Å². The van der Waals surface area contributed by atoms with Crippen LogP contribution >= 0.6 is 34.8 Å². The topological polar surface area (TPSA) is 25.4 Å². The van der Waals surface area contributed by atoms with E-state index in [-0.39, 0.29) is 22.3 Å². The quantitative estimate of drug-likeness (QED) is 0.598. The number of hydrogen-bond donors (Lipinski definition) is 0. The van der Waals surface area contributed by atoms with E-state index in [4.69, 9.17) is 39.5 Å². The number of pyridine rings is 1. The van der Waals surface area contributed by atoms with Crippen LogP contribution in [0.5, 0.6) is 5.75 Å². The molecule has 1 aromatic carbocycles. The second-order valence-electron chi connectivity index (χ2n) is 6.10. The van der Waals surface area contributed by atoms with Crippen LogP contribution in [0.1, 0.15) is 24.1 Å². The van der Waals surface area contributed by atoms with Crippen molar-refractivity contribution in [2.45, 2.75) is 22.8 Å². The molecule has 0 N–H and O–H groups in total. The Bertz CT molecular complexity index is 787. The van der Waals surface area contributed by atoms with Crippen LogP contribution in [0.25, 0.3) is 10.9 Å². The number of fused-ring (bicyclic) bond motifs is 1. The molecule has 3 rings (SSSR count). The molecule has 1 fully saturated rings. The van der Waals surface area contributed by atoms with Gasteiger partial charge in [-0.05, 0) is 38.1 Å². The smallest absolute Gasteiger partial charge is 0.418 e. The van der Waals surface area contributed by atoms with Crippen LogP contribution in [-0.4, -0.2) is 36.1 Å². The van der Waals surface area contributed by atoms with Gasteiger partial charge >= 0.3 is 6.18 Å². The number of nitrogens with zero attached hydrogens (tertiary/aromatic N) is 2. The third-order valence-electron chi connectivity index (χ3n) is 4.26. The Morgan fingerprint density at radius 3 is 2.42 bits per heavy atom. The van der Waals surface area contributed by atoms with Crippen LogP contribution in [0, 0.1) is 0 Å². The van der Waals surface area contributed by atoms with Crippen molar-refractivity contribution in [3.63, 3.8) is 0 Å². The van der Waals surface area contributed by atoms with Gasteiger partial charge in [0.1, 0.15) is 12.4 Å². The molecule has 142 valence electrons. The zero-order valence-electron chi connectivity index (χ0n) is 13.6. The van der Waals surface area contributed by atoms with Gasteiger partial charge in [0.15, 0.2) is 0 Å². The SMILES string of the molecule is FC(F)(F)c1cccc2c(OCCN3CCCC3)cc(C(Cl)(Cl)Cl)nc12. The monoisotopic (exact) mass is 426 g/mol. The van der Waals surface area contributed by atoms with E-state index >= 15 is 0 Å². The summed E-state index contributed by atoms with van der Waals surface area (Å²) in [5, 5.41) is 0.235. The first-order valence-corrected chi connectivity index (χ1v) is 9.23. The summed E-state index contributed by atoms with van der Waals surface area (Å²) in [4.78, 5) is 6.19. The van der Waals surface area contributed by atoms with Crippen LogP contribution in [0.4, 0.5) is 13.2 Å². The van der Waals surface area contributed by atoms with Crippen molar-refractivity contribution >= 4 is 45.7 Å². The molecule has 0 aliphatic carbocycles. The first-order valence-electron chi connectivity index (χ1n) is 8.09. The molecule has 1 aliphatic heterocycles. The molecular weight excluding hydrogens is 412 g/mol. The molecule has 0 unspecified atom stereocenters. The molecule has 1 saturated heterocycles. The molecule has 9 heteroatoms. The van der Waals surface area contributed by atoms with Crippen LogP contribution in [0.3, 0.4) is 0 Å². The maximum atomic E-state index is 13.3. The number of rotatable bonds is 4. The third-order valence-corrected chi connectivity index (χ3v) is 4.84. The average Bonchev–Trinajstić information content (AvgIpc) is 3.05. The molecule has 0 saturated carbocycles. The number of alkyl halides is 6. The summed E-state index contributed by atoms with van der Waals surface area (Å²) in [7, 11) is 0. The fourth-order valence-electron chi connectivity index (χ4n) is 3.00. The van der Waals surface area contributed by atoms with E-state index in [0.29, 0.717) is 13.2 Å². The molecule has 1 aliphatic rings. The Morgan fingerprint density at radius 1 is 1.12 bits per heavy atom. The minimum Gasteiger partial charge on any atom is -0.491 e. The minimum absolute atomic E-state index is 0.108. The summed E-state index contributed by atoms with van der Waals surface area (Å²) in [5.41, 5.74) is -1.29. The number of para-hydroxylation sites is 1. The maximum Gasteiger partial charge on any atom is 0.418 e. The Hall–Kier alpha value is -0.950. The van der Waals surface area contributed by atoms with E-state index in [9.17, 15) is 13.2 Å². The lowest BCUT2D eigenvalue weighted by molar-refractivity contribution is -0.136. The Morgan fingerprint density at radius 2 is 1.81 bits per heavy atom. The highest BCUT2D eigenvalue weighted by Gasteiger charge is 2.35. The number of ether oxygens (including phenoxy) is 1. The zero-order valence-corrected chi connectivity index (χ0v) is 15.9. The highest BCUT2D eigenvalue weighted by Crippen LogP contribution is 2.42. The van der Waals surface area contributed by atoms with Crippen molar-refractivity contribution in [1.29, 1.82) is 0 Å². The van der Waals surface area contributed by atoms with Crippen molar-refractivity contribution < 1.29 is 17.9 Å². The molecular formula is C17H16Cl3F3N2O. The Balaban J connectivity index is 1.99. The predicted octanol–water partition coefficient (Wildman–Crippen LogP) is 5.55. The second kappa shape index (κ2) is 7.58. The average molecular weight is 428 g/mol. The van der Waals surface area contributed by atoms with Gasteiger partial charge in [-0.25, -0.2) is 4.98 Å². The largest absolute Gasteiger partial charge is 0.491 e. The highest BCUT2D eigenvalue weighted by molar-refractivity contribution is 6.66. The molecule has 1 aromatic heterocycles. The molecule has 2 heterocycles. The van der Waals surface area contributed by atoms with E-state index in [1.54, 1.807) is 0 Å². The van der Waals surface area contributed by atoms with Gasteiger partial charge in [0, 0.05) is 18.0 Å². The van der Waals surface area contributed by atoms with Crippen LogP contribution in [0.2, 0.25) is 0 Å². The molecule has 26 heavy (non-hydrogen) atoms. The van der Waals surface area contributed by atoms with Gasteiger partial charge < -0.3 is 4.74 Å². The summed E-state index contributed by atoms with van der Waals surface area (Å²) in [6, 6.07) is 5.17. The Kier molecular flexibility index (Phi) is 5.78. The van der Waals surface area contributed by atoms with Gasteiger partial charge in [-0.1, -0.05) is 40.9 Å². The summed E-state index contributed by atoms with van der Waals surface area (Å²) in [5.74, 6) is 0.224. The zero-order chi connectivity index (χ0) is 18.9. The molecule has 0 radical (unpaired) electrons. The first-order chi connectivity index (χ1) is 12.2. The molecule has 0 spiro atoms. The highest BCUT2D eigenvalue weighted by atomic mass is 35.6. The third kappa shape index (κ3) is 4.47. The van der Waals surface area contributed by atoms with Crippen LogP contribution in [-0.2, 0) is 9.97 Å². The summed E-state index contributed by atoms with van der Waals surface area (Å²) >= 11 is 17.6. The molecule has 3 nitrogen and oxygen atoms in total. The fraction of sp³-hybridized carbons (Fsp3) is 0.471. The number of aromatic nitrogens is 1. The van der Waals surface area contributed by atoms with Crippen molar-refractivity contribution in [1.82, 2.24) is 9.88 Å². The number of halogens is 6. The first kappa shape index (κ1) is 19.8. The lowest BCUT2D eigenvalue weighted by Gasteiger charge is -2.19. The van der Waals surface area contributed by atoms with Crippen molar-refractivity contribution in [2.24, 2.45) is 0 Å². The summed E-state index contributed by atoms with van der Waals surface area (Å²) < 4.78 is 43.8. The number of hydrogen-bond acceptors (Lipinski definition) is 3. The van der Waals surface area contributed by atoms with Gasteiger partial charge in [-0.2, -0.15) is 13.2 Å². The molecule has 2 aromatic rings. The van der Waals surface area contributed by atoms with E-state index in [1.165, 1.54) is 18.2 Å². The lowest BCUT2D eigenvalue weighted by atomic mass is 10.1. The van der Waals surface area contributed by atoms with Gasteiger partial charge in [-0.3, -0.25) is 4.90 Å². The number of benzene rings is 1. The fourth-order valence-corrected chi connectivity index (χ4v) is 3.29. The van der Waals surface area contributed by atoms with Crippen molar-refractivity contribution in [3.05, 3.63) is 35.5 Å². The van der Waals surface area contributed by atoms with Crippen molar-refractivity contribution in [3.8, 4) is 5.75 Å². The van der Waals surface area contributed by atoms with Gasteiger partial charge in [0.2, 0.25) is 3.79 Å². The normalized spacial score (nSPS) is 16.4. The van der Waals surface area contributed by atoms with E-state index in [0.717, 1.165) is 32.0 Å². The van der Waals surface area contributed by atoms with Crippen LogP contribution in [0.15, 0.2) is 24.3 Å². The minimum atomic E-state index is -4.58. The second-order valence-corrected chi connectivity index (χ2v) is 8.38. The van der Waals surface area contributed by atoms with E-state index < -0.39 is 15.5 Å². The molecule has 0 amide bonds. The van der Waals surface area contributed by atoms with Crippen molar-refractivity contribution in [2.75, 3.05) is 26.2 Å². The van der Waals surface area contributed by atoms with Crippen LogP contribution < -0.4 is 4.74 Å². The number of likely N-dealkylation sites (tertiary alicyclic amines) is 1. The summed E-state index contributed by atoms with van der Waals surface area (Å²) in [6.45, 7) is 3.01.